The summed E-state index contributed by atoms with van der Waals surface area (Å²) in [4.78, 5) is 12.3. The van der Waals surface area contributed by atoms with Gasteiger partial charge in [0.15, 0.2) is 5.76 Å². The fourth-order valence-electron chi connectivity index (χ4n) is 3.20. The van der Waals surface area contributed by atoms with Gasteiger partial charge in [0.2, 0.25) is 0 Å². The molecule has 0 bridgehead atoms. The Bertz CT molecular complexity index is 447. The van der Waals surface area contributed by atoms with Gasteiger partial charge in [-0.3, -0.25) is 4.79 Å². The van der Waals surface area contributed by atoms with Gasteiger partial charge in [0.25, 0.3) is 5.91 Å². The fraction of sp³-hybridized carbons (Fsp3) is 0.688. The molecular weight excluding hydrogens is 254 g/mol. The van der Waals surface area contributed by atoms with E-state index in [2.05, 4.69) is 5.32 Å². The van der Waals surface area contributed by atoms with Crippen LogP contribution in [0.5, 0.6) is 0 Å². The Morgan fingerprint density at radius 2 is 2.10 bits per heavy atom. The maximum Gasteiger partial charge on any atom is 0.287 e. The highest BCUT2D eigenvalue weighted by atomic mass is 16.3. The minimum absolute atomic E-state index is 0.0533. The van der Waals surface area contributed by atoms with E-state index in [9.17, 15) is 9.90 Å². The molecule has 0 saturated heterocycles. The van der Waals surface area contributed by atoms with Crippen molar-refractivity contribution in [2.75, 3.05) is 6.61 Å². The van der Waals surface area contributed by atoms with Crippen LogP contribution in [-0.4, -0.2) is 23.7 Å². The zero-order valence-corrected chi connectivity index (χ0v) is 12.4. The van der Waals surface area contributed by atoms with Gasteiger partial charge in [-0.15, -0.1) is 0 Å². The van der Waals surface area contributed by atoms with Crippen molar-refractivity contribution >= 4 is 5.91 Å². The van der Waals surface area contributed by atoms with Gasteiger partial charge >= 0.3 is 0 Å². The van der Waals surface area contributed by atoms with Crippen molar-refractivity contribution in [3.05, 3.63) is 23.2 Å². The van der Waals surface area contributed by atoms with E-state index in [1.54, 1.807) is 0 Å². The normalized spacial score (nSPS) is 17.9. The predicted molar refractivity (Wildman–Crippen MR) is 77.7 cm³/mol. The maximum atomic E-state index is 12.3. The quantitative estimate of drug-likeness (QED) is 0.871. The molecule has 2 rings (SSSR count). The highest BCUT2D eigenvalue weighted by molar-refractivity contribution is 5.93. The molecule has 0 aliphatic heterocycles. The molecule has 1 aromatic heterocycles. The lowest BCUT2D eigenvalue weighted by molar-refractivity contribution is 0.0869. The molecule has 20 heavy (non-hydrogen) atoms. The van der Waals surface area contributed by atoms with Crippen LogP contribution >= 0.6 is 0 Å². The molecule has 0 aromatic carbocycles. The first-order chi connectivity index (χ1) is 9.61. The van der Waals surface area contributed by atoms with Crippen LogP contribution in [0.1, 0.15) is 60.4 Å². The highest BCUT2D eigenvalue weighted by Gasteiger charge is 2.26. The van der Waals surface area contributed by atoms with Crippen LogP contribution < -0.4 is 5.32 Å². The molecule has 2 N–H and O–H groups in total. The average Bonchev–Trinajstić information content (AvgIpc) is 2.78. The zero-order chi connectivity index (χ0) is 14.5. The number of carbonyl (C=O) groups excluding carboxylic acids is 1. The fourth-order valence-corrected chi connectivity index (χ4v) is 3.20. The zero-order valence-electron chi connectivity index (χ0n) is 12.4. The number of aryl methyl sites for hydroxylation is 2. The minimum Gasteiger partial charge on any atom is -0.456 e. The topological polar surface area (TPSA) is 62.5 Å². The summed E-state index contributed by atoms with van der Waals surface area (Å²) in [5, 5.41) is 12.3. The molecule has 4 heteroatoms. The third-order valence-corrected chi connectivity index (χ3v) is 4.22. The van der Waals surface area contributed by atoms with Crippen molar-refractivity contribution in [2.45, 2.75) is 58.4 Å². The monoisotopic (exact) mass is 279 g/mol. The SMILES string of the molecule is Cc1cc(C)c(C(=O)NC(CCO)C2CCCCC2)o1. The second-order valence-electron chi connectivity index (χ2n) is 5.86. The lowest BCUT2D eigenvalue weighted by Gasteiger charge is -2.30. The Balaban J connectivity index is 2.03. The molecule has 112 valence electrons. The summed E-state index contributed by atoms with van der Waals surface area (Å²) in [6.07, 6.45) is 6.63. The summed E-state index contributed by atoms with van der Waals surface area (Å²) >= 11 is 0. The minimum atomic E-state index is -0.153. The van der Waals surface area contributed by atoms with Gasteiger partial charge in [-0.25, -0.2) is 0 Å². The predicted octanol–water partition coefficient (Wildman–Crippen LogP) is 2.96. The van der Waals surface area contributed by atoms with E-state index < -0.39 is 0 Å². The van der Waals surface area contributed by atoms with E-state index in [1.165, 1.54) is 19.3 Å². The van der Waals surface area contributed by atoms with E-state index in [1.807, 2.05) is 19.9 Å². The van der Waals surface area contributed by atoms with Gasteiger partial charge in [-0.2, -0.15) is 0 Å². The molecule has 1 aromatic rings. The number of hydrogen-bond donors (Lipinski definition) is 2. The molecule has 1 heterocycles. The molecule has 1 aliphatic rings. The Hall–Kier alpha value is -1.29. The van der Waals surface area contributed by atoms with E-state index in [-0.39, 0.29) is 18.6 Å². The number of hydrogen-bond acceptors (Lipinski definition) is 3. The van der Waals surface area contributed by atoms with Crippen molar-refractivity contribution in [1.82, 2.24) is 5.32 Å². The first kappa shape index (κ1) is 15.1. The summed E-state index contributed by atoms with van der Waals surface area (Å²) in [5.74, 6) is 1.49. The Morgan fingerprint density at radius 3 is 2.65 bits per heavy atom. The van der Waals surface area contributed by atoms with Crippen LogP contribution in [0.15, 0.2) is 10.5 Å². The van der Waals surface area contributed by atoms with Crippen LogP contribution in [0.25, 0.3) is 0 Å². The van der Waals surface area contributed by atoms with E-state index in [0.717, 1.165) is 24.2 Å². The Labute approximate surface area is 120 Å². The summed E-state index contributed by atoms with van der Waals surface area (Å²) < 4.78 is 5.47. The van der Waals surface area contributed by atoms with Gasteiger partial charge in [0.05, 0.1) is 0 Å². The largest absolute Gasteiger partial charge is 0.456 e. The Kier molecular flexibility index (Phi) is 5.24. The molecule has 0 spiro atoms. The van der Waals surface area contributed by atoms with Crippen LogP contribution in [0, 0.1) is 19.8 Å². The average molecular weight is 279 g/mol. The maximum absolute atomic E-state index is 12.3. The van der Waals surface area contributed by atoms with Crippen LogP contribution in [0.4, 0.5) is 0 Å². The number of nitrogens with one attached hydrogen (secondary N) is 1. The lowest BCUT2D eigenvalue weighted by atomic mass is 9.82. The van der Waals surface area contributed by atoms with Crippen LogP contribution in [0.2, 0.25) is 0 Å². The molecule has 1 amide bonds. The standard InChI is InChI=1S/C16H25NO3/c1-11-10-12(2)20-15(11)16(19)17-14(8-9-18)13-6-4-3-5-7-13/h10,13-14,18H,3-9H2,1-2H3,(H,17,19). The Morgan fingerprint density at radius 1 is 1.40 bits per heavy atom. The van der Waals surface area contributed by atoms with E-state index in [0.29, 0.717) is 18.1 Å². The molecule has 0 radical (unpaired) electrons. The molecule has 4 nitrogen and oxygen atoms in total. The van der Waals surface area contributed by atoms with Crippen molar-refractivity contribution in [2.24, 2.45) is 5.92 Å². The van der Waals surface area contributed by atoms with Gasteiger partial charge in [0, 0.05) is 18.2 Å². The molecule has 1 atom stereocenters. The number of amides is 1. The number of rotatable bonds is 5. The van der Waals surface area contributed by atoms with Gasteiger partial charge in [-0.1, -0.05) is 19.3 Å². The van der Waals surface area contributed by atoms with Crippen LogP contribution in [0.3, 0.4) is 0 Å². The highest BCUT2D eigenvalue weighted by Crippen LogP contribution is 2.28. The van der Waals surface area contributed by atoms with Crippen LogP contribution in [-0.2, 0) is 0 Å². The van der Waals surface area contributed by atoms with Gasteiger partial charge in [0.1, 0.15) is 5.76 Å². The van der Waals surface area contributed by atoms with Crippen molar-refractivity contribution in [3.8, 4) is 0 Å². The third-order valence-electron chi connectivity index (χ3n) is 4.22. The van der Waals surface area contributed by atoms with Crippen molar-refractivity contribution in [1.29, 1.82) is 0 Å². The van der Waals surface area contributed by atoms with Crippen molar-refractivity contribution in [3.63, 3.8) is 0 Å². The molecule has 1 fully saturated rings. The molecule has 1 unspecified atom stereocenters. The molecule has 1 saturated carbocycles. The van der Waals surface area contributed by atoms with Crippen molar-refractivity contribution < 1.29 is 14.3 Å². The number of carbonyl (C=O) groups is 1. The first-order valence-electron chi connectivity index (χ1n) is 7.60. The summed E-state index contributed by atoms with van der Waals surface area (Å²) in [6, 6.07) is 1.92. The van der Waals surface area contributed by atoms with Gasteiger partial charge in [-0.05, 0) is 45.1 Å². The number of aliphatic hydroxyl groups excluding tert-OH is 1. The van der Waals surface area contributed by atoms with E-state index in [4.69, 9.17) is 4.42 Å². The molecular formula is C16H25NO3. The smallest absolute Gasteiger partial charge is 0.287 e. The summed E-state index contributed by atoms with van der Waals surface area (Å²) in [6.45, 7) is 3.83. The number of furan rings is 1. The van der Waals surface area contributed by atoms with E-state index >= 15 is 0 Å². The number of aliphatic hydroxyl groups is 1. The third kappa shape index (κ3) is 3.63. The second kappa shape index (κ2) is 6.93. The molecule has 1 aliphatic carbocycles. The summed E-state index contributed by atoms with van der Waals surface area (Å²) in [7, 11) is 0. The lowest BCUT2D eigenvalue weighted by Crippen LogP contribution is -2.41. The van der Waals surface area contributed by atoms with Gasteiger partial charge < -0.3 is 14.8 Å². The second-order valence-corrected chi connectivity index (χ2v) is 5.86. The first-order valence-corrected chi connectivity index (χ1v) is 7.60. The summed E-state index contributed by atoms with van der Waals surface area (Å²) in [5.41, 5.74) is 0.867.